The second-order valence-electron chi connectivity index (χ2n) is 6.11. The molecule has 0 radical (unpaired) electrons. The first-order chi connectivity index (χ1) is 11.2. The molecule has 1 N–H and O–H groups in total. The molecular weight excluding hydrogens is 313 g/mol. The van der Waals surface area contributed by atoms with Crippen LogP contribution >= 0.6 is 11.3 Å². The Hall–Kier alpha value is -1.95. The van der Waals surface area contributed by atoms with Gasteiger partial charge in [0, 0.05) is 25.4 Å². The van der Waals surface area contributed by atoms with Crippen molar-refractivity contribution in [1.29, 1.82) is 0 Å². The molecule has 1 aromatic heterocycles. The smallest absolute Gasteiger partial charge is 0.226 e. The van der Waals surface area contributed by atoms with Gasteiger partial charge in [-0.25, -0.2) is 9.37 Å². The van der Waals surface area contributed by atoms with Crippen LogP contribution < -0.4 is 10.2 Å². The van der Waals surface area contributed by atoms with E-state index in [0.29, 0.717) is 12.2 Å². The number of nitrogens with one attached hydrogen (secondary N) is 1. The minimum atomic E-state index is -0.257. The zero-order valence-corrected chi connectivity index (χ0v) is 13.5. The number of benzene rings is 1. The van der Waals surface area contributed by atoms with Crippen molar-refractivity contribution in [3.8, 4) is 0 Å². The Morgan fingerprint density at radius 1 is 1.17 bits per heavy atom. The van der Waals surface area contributed by atoms with Crippen LogP contribution in [0, 0.1) is 5.82 Å². The first kappa shape index (κ1) is 14.6. The molecule has 2 aliphatic rings. The molecule has 0 unspecified atom stereocenters. The molecule has 2 aliphatic heterocycles. The second-order valence-corrected chi connectivity index (χ2v) is 7.12. The number of rotatable bonds is 2. The van der Waals surface area contributed by atoms with E-state index in [0.717, 1.165) is 28.7 Å². The molecule has 0 saturated carbocycles. The van der Waals surface area contributed by atoms with Crippen LogP contribution in [0.3, 0.4) is 0 Å². The normalized spacial score (nSPS) is 21.0. The third kappa shape index (κ3) is 2.83. The molecule has 23 heavy (non-hydrogen) atoms. The lowest BCUT2D eigenvalue weighted by Crippen LogP contribution is -2.29. The molecule has 4 rings (SSSR count). The van der Waals surface area contributed by atoms with Crippen LogP contribution in [0.1, 0.15) is 42.0 Å². The number of hydrogen-bond donors (Lipinski definition) is 1. The number of carbonyl (C=O) groups excluding carboxylic acids is 1. The summed E-state index contributed by atoms with van der Waals surface area (Å²) >= 11 is 1.66. The summed E-state index contributed by atoms with van der Waals surface area (Å²) in [7, 11) is 0. The van der Waals surface area contributed by atoms with E-state index in [4.69, 9.17) is 0 Å². The molecule has 4 nitrogen and oxygen atoms in total. The van der Waals surface area contributed by atoms with Gasteiger partial charge in [0.2, 0.25) is 5.91 Å². The van der Waals surface area contributed by atoms with E-state index in [2.05, 4.69) is 15.2 Å². The van der Waals surface area contributed by atoms with Crippen LogP contribution in [-0.2, 0) is 4.79 Å². The van der Waals surface area contributed by atoms with E-state index >= 15 is 0 Å². The standard InChI is InChI=1S/C17H18FN3OS/c18-12-6-4-11(5-7-12)13-10-14(22)19-16-15(13)23-17(20-16)21-8-2-1-3-9-21/h4-7,13H,1-3,8-10H2,(H,19,22)/t13-/m0/s1. The van der Waals surface area contributed by atoms with Crippen LogP contribution in [0.4, 0.5) is 15.3 Å². The Labute approximate surface area is 138 Å². The van der Waals surface area contributed by atoms with Crippen molar-refractivity contribution in [2.75, 3.05) is 23.3 Å². The van der Waals surface area contributed by atoms with Crippen LogP contribution in [0.5, 0.6) is 0 Å². The number of hydrogen-bond acceptors (Lipinski definition) is 4. The maximum atomic E-state index is 13.2. The van der Waals surface area contributed by atoms with Gasteiger partial charge in [-0.05, 0) is 37.0 Å². The van der Waals surface area contributed by atoms with Gasteiger partial charge in [0.1, 0.15) is 11.6 Å². The number of fused-ring (bicyclic) bond motifs is 1. The second kappa shape index (κ2) is 5.92. The van der Waals surface area contributed by atoms with Crippen LogP contribution in [-0.4, -0.2) is 24.0 Å². The molecule has 2 aromatic rings. The molecule has 0 spiro atoms. The van der Waals surface area contributed by atoms with E-state index in [1.165, 1.54) is 31.4 Å². The van der Waals surface area contributed by atoms with Crippen LogP contribution in [0.25, 0.3) is 0 Å². The third-order valence-electron chi connectivity index (χ3n) is 4.50. The van der Waals surface area contributed by atoms with E-state index < -0.39 is 0 Å². The molecule has 1 saturated heterocycles. The molecular formula is C17H18FN3OS. The Morgan fingerprint density at radius 3 is 2.65 bits per heavy atom. The van der Waals surface area contributed by atoms with Crippen molar-refractivity contribution < 1.29 is 9.18 Å². The topological polar surface area (TPSA) is 45.2 Å². The zero-order chi connectivity index (χ0) is 15.8. The number of carbonyl (C=O) groups is 1. The van der Waals surface area contributed by atoms with Crippen molar-refractivity contribution in [2.24, 2.45) is 0 Å². The van der Waals surface area contributed by atoms with Crippen LogP contribution in [0.15, 0.2) is 24.3 Å². The molecule has 1 aromatic carbocycles. The fourth-order valence-electron chi connectivity index (χ4n) is 3.29. The molecule has 1 fully saturated rings. The van der Waals surface area contributed by atoms with Gasteiger partial charge in [-0.1, -0.05) is 23.5 Å². The molecule has 3 heterocycles. The Bertz CT molecular complexity index is 722. The number of amides is 1. The molecule has 120 valence electrons. The zero-order valence-electron chi connectivity index (χ0n) is 12.7. The number of nitrogens with zero attached hydrogens (tertiary/aromatic N) is 2. The summed E-state index contributed by atoms with van der Waals surface area (Å²) in [4.78, 5) is 20.1. The highest BCUT2D eigenvalue weighted by molar-refractivity contribution is 7.16. The molecule has 1 atom stereocenters. The van der Waals surface area contributed by atoms with Gasteiger partial charge in [0.05, 0.1) is 4.88 Å². The number of aromatic nitrogens is 1. The van der Waals surface area contributed by atoms with E-state index in [9.17, 15) is 9.18 Å². The highest BCUT2D eigenvalue weighted by Gasteiger charge is 2.31. The Morgan fingerprint density at radius 2 is 1.91 bits per heavy atom. The van der Waals surface area contributed by atoms with E-state index in [1.54, 1.807) is 23.5 Å². The molecule has 0 aliphatic carbocycles. The number of halogens is 1. The Kier molecular flexibility index (Phi) is 3.77. The van der Waals surface area contributed by atoms with Gasteiger partial charge in [-0.2, -0.15) is 0 Å². The summed E-state index contributed by atoms with van der Waals surface area (Å²) < 4.78 is 13.2. The van der Waals surface area contributed by atoms with E-state index in [1.807, 2.05) is 0 Å². The quantitative estimate of drug-likeness (QED) is 0.911. The lowest BCUT2D eigenvalue weighted by molar-refractivity contribution is -0.116. The Balaban J connectivity index is 1.69. The fraction of sp³-hybridized carbons (Fsp3) is 0.412. The summed E-state index contributed by atoms with van der Waals surface area (Å²) in [6, 6.07) is 6.44. The summed E-state index contributed by atoms with van der Waals surface area (Å²) in [6.45, 7) is 2.06. The summed E-state index contributed by atoms with van der Waals surface area (Å²) in [5.74, 6) is 0.367. The van der Waals surface area contributed by atoms with Gasteiger partial charge in [-0.15, -0.1) is 0 Å². The minimum Gasteiger partial charge on any atom is -0.348 e. The average molecular weight is 331 g/mol. The monoisotopic (exact) mass is 331 g/mol. The maximum absolute atomic E-state index is 13.2. The summed E-state index contributed by atoms with van der Waals surface area (Å²) in [5.41, 5.74) is 0.969. The lowest BCUT2D eigenvalue weighted by Gasteiger charge is -2.25. The molecule has 0 bridgehead atoms. The van der Waals surface area contributed by atoms with Crippen molar-refractivity contribution in [3.63, 3.8) is 0 Å². The van der Waals surface area contributed by atoms with Gasteiger partial charge in [-0.3, -0.25) is 4.79 Å². The average Bonchev–Trinajstić information content (AvgIpc) is 2.99. The SMILES string of the molecule is O=C1C[C@@H](c2ccc(F)cc2)c2sc(N3CCCCC3)nc2N1. The molecule has 6 heteroatoms. The van der Waals surface area contributed by atoms with Gasteiger partial charge in [0.15, 0.2) is 5.13 Å². The first-order valence-corrected chi connectivity index (χ1v) is 8.83. The van der Waals surface area contributed by atoms with Crippen molar-refractivity contribution in [3.05, 3.63) is 40.5 Å². The van der Waals surface area contributed by atoms with Gasteiger partial charge < -0.3 is 10.2 Å². The van der Waals surface area contributed by atoms with Crippen molar-refractivity contribution in [1.82, 2.24) is 4.98 Å². The maximum Gasteiger partial charge on any atom is 0.226 e. The number of anilines is 2. The van der Waals surface area contributed by atoms with Crippen molar-refractivity contribution in [2.45, 2.75) is 31.6 Å². The van der Waals surface area contributed by atoms with Crippen LogP contribution in [0.2, 0.25) is 0 Å². The first-order valence-electron chi connectivity index (χ1n) is 8.02. The third-order valence-corrected chi connectivity index (χ3v) is 5.73. The predicted octanol–water partition coefficient (Wildman–Crippen LogP) is 3.75. The highest BCUT2D eigenvalue weighted by Crippen LogP contribution is 2.43. The molecule has 1 amide bonds. The van der Waals surface area contributed by atoms with Gasteiger partial charge >= 0.3 is 0 Å². The highest BCUT2D eigenvalue weighted by atomic mass is 32.1. The summed E-state index contributed by atoms with van der Waals surface area (Å²) in [5, 5.41) is 3.88. The number of thiazole rings is 1. The minimum absolute atomic E-state index is 0.0256. The van der Waals surface area contributed by atoms with Gasteiger partial charge in [0.25, 0.3) is 0 Å². The predicted molar refractivity (Wildman–Crippen MR) is 89.7 cm³/mol. The van der Waals surface area contributed by atoms with E-state index in [-0.39, 0.29) is 17.6 Å². The summed E-state index contributed by atoms with van der Waals surface area (Å²) in [6.07, 6.45) is 4.05. The largest absolute Gasteiger partial charge is 0.348 e. The lowest BCUT2D eigenvalue weighted by atomic mass is 9.92. The van der Waals surface area contributed by atoms with Crippen molar-refractivity contribution >= 4 is 28.2 Å². The fourth-order valence-corrected chi connectivity index (χ4v) is 4.49. The number of piperidine rings is 1.